The molecule has 3 atom stereocenters. The molecule has 7 nitrogen and oxygen atoms in total. The summed E-state index contributed by atoms with van der Waals surface area (Å²) >= 11 is 0. The molecule has 2 fully saturated rings. The third-order valence-electron chi connectivity index (χ3n) is 5.12. The van der Waals surface area contributed by atoms with E-state index in [9.17, 15) is 14.4 Å². The summed E-state index contributed by atoms with van der Waals surface area (Å²) in [5.74, 6) is 0.688. The minimum Gasteiger partial charge on any atom is -0.467 e. The number of hydrogen-bond donors (Lipinski definition) is 2. The number of nitrogens with one attached hydrogen (secondary N) is 2. The SMILES string of the molecule is CC1CCCCC1NC(=O)CCC1NC(=O)N(Cc2ccco2)C1=O. The minimum absolute atomic E-state index is 0.0507. The van der Waals surface area contributed by atoms with E-state index in [4.69, 9.17) is 4.42 Å². The van der Waals surface area contributed by atoms with Crippen molar-refractivity contribution in [1.82, 2.24) is 15.5 Å². The van der Waals surface area contributed by atoms with Crippen LogP contribution in [0.5, 0.6) is 0 Å². The quantitative estimate of drug-likeness (QED) is 0.772. The third-order valence-corrected chi connectivity index (χ3v) is 5.12. The van der Waals surface area contributed by atoms with E-state index in [0.29, 0.717) is 18.1 Å². The van der Waals surface area contributed by atoms with Crippen LogP contribution < -0.4 is 10.6 Å². The fourth-order valence-corrected chi connectivity index (χ4v) is 3.57. The van der Waals surface area contributed by atoms with Gasteiger partial charge in [-0.15, -0.1) is 0 Å². The van der Waals surface area contributed by atoms with Crippen molar-refractivity contribution < 1.29 is 18.8 Å². The molecule has 0 spiro atoms. The predicted octanol–water partition coefficient (Wildman–Crippen LogP) is 2.18. The lowest BCUT2D eigenvalue weighted by molar-refractivity contribution is -0.128. The van der Waals surface area contributed by atoms with Gasteiger partial charge in [-0.3, -0.25) is 14.5 Å². The Labute approximate surface area is 147 Å². The van der Waals surface area contributed by atoms with Crippen LogP contribution in [0.3, 0.4) is 0 Å². The number of carbonyl (C=O) groups excluding carboxylic acids is 3. The Morgan fingerprint density at radius 1 is 1.36 bits per heavy atom. The molecule has 0 aromatic carbocycles. The van der Waals surface area contributed by atoms with Crippen LogP contribution in [0.2, 0.25) is 0 Å². The molecule has 1 aliphatic heterocycles. The van der Waals surface area contributed by atoms with E-state index < -0.39 is 12.1 Å². The molecule has 7 heteroatoms. The number of amides is 4. The zero-order chi connectivity index (χ0) is 17.8. The maximum Gasteiger partial charge on any atom is 0.325 e. The van der Waals surface area contributed by atoms with Crippen molar-refractivity contribution in [2.24, 2.45) is 5.92 Å². The first kappa shape index (κ1) is 17.5. The van der Waals surface area contributed by atoms with E-state index in [1.165, 1.54) is 12.7 Å². The Kier molecular flexibility index (Phi) is 5.40. The second kappa shape index (κ2) is 7.72. The smallest absolute Gasteiger partial charge is 0.325 e. The molecule has 1 aromatic rings. The van der Waals surface area contributed by atoms with Crippen LogP contribution in [0, 0.1) is 5.92 Å². The van der Waals surface area contributed by atoms with Gasteiger partial charge >= 0.3 is 6.03 Å². The second-order valence-corrected chi connectivity index (χ2v) is 6.98. The summed E-state index contributed by atoms with van der Waals surface area (Å²) in [7, 11) is 0. The lowest BCUT2D eigenvalue weighted by atomic mass is 9.86. The molecule has 1 saturated heterocycles. The number of furan rings is 1. The first-order chi connectivity index (χ1) is 12.0. The number of hydrogen-bond acceptors (Lipinski definition) is 4. The van der Waals surface area contributed by atoms with E-state index in [2.05, 4.69) is 17.6 Å². The molecule has 0 radical (unpaired) electrons. The van der Waals surface area contributed by atoms with Crippen LogP contribution >= 0.6 is 0 Å². The van der Waals surface area contributed by atoms with E-state index in [-0.39, 0.29) is 30.8 Å². The zero-order valence-electron chi connectivity index (χ0n) is 14.5. The molecular weight excluding hydrogens is 322 g/mol. The number of carbonyl (C=O) groups is 3. The van der Waals surface area contributed by atoms with Crippen molar-refractivity contribution in [3.8, 4) is 0 Å². The normalized spacial score (nSPS) is 26.6. The summed E-state index contributed by atoms with van der Waals surface area (Å²) in [6, 6.07) is 2.57. The summed E-state index contributed by atoms with van der Waals surface area (Å²) in [6.07, 6.45) is 6.57. The molecule has 3 unspecified atom stereocenters. The second-order valence-electron chi connectivity index (χ2n) is 6.98. The van der Waals surface area contributed by atoms with Gasteiger partial charge in [0.1, 0.15) is 11.8 Å². The Hall–Kier alpha value is -2.31. The highest BCUT2D eigenvalue weighted by Gasteiger charge is 2.38. The number of nitrogens with zero attached hydrogens (tertiary/aromatic N) is 1. The fraction of sp³-hybridized carbons (Fsp3) is 0.611. The summed E-state index contributed by atoms with van der Waals surface area (Å²) in [6.45, 7) is 2.28. The van der Waals surface area contributed by atoms with Crippen LogP contribution in [0.25, 0.3) is 0 Å². The van der Waals surface area contributed by atoms with Crippen LogP contribution in [-0.4, -0.2) is 34.8 Å². The molecule has 1 saturated carbocycles. The van der Waals surface area contributed by atoms with Gasteiger partial charge in [0.25, 0.3) is 5.91 Å². The number of rotatable bonds is 6. The Morgan fingerprint density at radius 2 is 2.16 bits per heavy atom. The van der Waals surface area contributed by atoms with Gasteiger partial charge in [0, 0.05) is 12.5 Å². The Balaban J connectivity index is 1.47. The van der Waals surface area contributed by atoms with Crippen molar-refractivity contribution in [2.45, 2.75) is 64.1 Å². The van der Waals surface area contributed by atoms with Gasteiger partial charge in [0.05, 0.1) is 12.8 Å². The topological polar surface area (TPSA) is 91.7 Å². The lowest BCUT2D eigenvalue weighted by Crippen LogP contribution is -2.41. The average molecular weight is 347 g/mol. The van der Waals surface area contributed by atoms with Gasteiger partial charge in [-0.25, -0.2) is 4.79 Å². The first-order valence-electron chi connectivity index (χ1n) is 8.98. The lowest BCUT2D eigenvalue weighted by Gasteiger charge is -2.29. The summed E-state index contributed by atoms with van der Waals surface area (Å²) in [5, 5.41) is 5.72. The van der Waals surface area contributed by atoms with E-state index >= 15 is 0 Å². The highest BCUT2D eigenvalue weighted by atomic mass is 16.3. The molecule has 136 valence electrons. The maximum absolute atomic E-state index is 12.4. The first-order valence-corrected chi connectivity index (χ1v) is 8.98. The predicted molar refractivity (Wildman–Crippen MR) is 90.4 cm³/mol. The largest absolute Gasteiger partial charge is 0.467 e. The Bertz CT molecular complexity index is 628. The summed E-state index contributed by atoms with van der Waals surface area (Å²) in [5.41, 5.74) is 0. The maximum atomic E-state index is 12.4. The van der Waals surface area contributed by atoms with Gasteiger partial charge < -0.3 is 15.1 Å². The molecular formula is C18H25N3O4. The van der Waals surface area contributed by atoms with Gasteiger partial charge in [0.2, 0.25) is 5.91 Å². The molecule has 2 N–H and O–H groups in total. The molecule has 4 amide bonds. The number of imide groups is 1. The monoisotopic (exact) mass is 347 g/mol. The van der Waals surface area contributed by atoms with Crippen molar-refractivity contribution >= 4 is 17.8 Å². The molecule has 3 rings (SSSR count). The van der Waals surface area contributed by atoms with Crippen LogP contribution in [0.15, 0.2) is 22.8 Å². The fourth-order valence-electron chi connectivity index (χ4n) is 3.57. The standard InChI is InChI=1S/C18H25N3O4/c1-12-5-2-3-7-14(12)19-16(22)9-8-15-17(23)21(18(24)20-15)11-13-6-4-10-25-13/h4,6,10,12,14-15H,2-3,5,7-9,11H2,1H3,(H,19,22)(H,20,24). The highest BCUT2D eigenvalue weighted by Crippen LogP contribution is 2.24. The van der Waals surface area contributed by atoms with Gasteiger partial charge in [-0.2, -0.15) is 0 Å². The average Bonchev–Trinajstić information content (AvgIpc) is 3.19. The minimum atomic E-state index is -0.642. The van der Waals surface area contributed by atoms with Crippen molar-refractivity contribution in [3.63, 3.8) is 0 Å². The van der Waals surface area contributed by atoms with Gasteiger partial charge in [0.15, 0.2) is 0 Å². The van der Waals surface area contributed by atoms with E-state index in [1.54, 1.807) is 12.1 Å². The number of urea groups is 1. The molecule has 0 bridgehead atoms. The van der Waals surface area contributed by atoms with E-state index in [1.807, 2.05) is 0 Å². The zero-order valence-corrected chi connectivity index (χ0v) is 14.5. The van der Waals surface area contributed by atoms with Crippen molar-refractivity contribution in [2.75, 3.05) is 0 Å². The molecule has 2 aliphatic rings. The van der Waals surface area contributed by atoms with Gasteiger partial charge in [-0.1, -0.05) is 19.8 Å². The van der Waals surface area contributed by atoms with Crippen molar-refractivity contribution in [3.05, 3.63) is 24.2 Å². The summed E-state index contributed by atoms with van der Waals surface area (Å²) in [4.78, 5) is 37.6. The van der Waals surface area contributed by atoms with Crippen LogP contribution in [-0.2, 0) is 16.1 Å². The highest BCUT2D eigenvalue weighted by molar-refractivity contribution is 6.04. The van der Waals surface area contributed by atoms with Gasteiger partial charge in [-0.05, 0) is 37.3 Å². The van der Waals surface area contributed by atoms with Crippen LogP contribution in [0.1, 0.15) is 51.2 Å². The Morgan fingerprint density at radius 3 is 2.88 bits per heavy atom. The van der Waals surface area contributed by atoms with Crippen LogP contribution in [0.4, 0.5) is 4.79 Å². The molecule has 1 aliphatic carbocycles. The van der Waals surface area contributed by atoms with Crippen molar-refractivity contribution in [1.29, 1.82) is 0 Å². The molecule has 1 aromatic heterocycles. The molecule has 2 heterocycles. The molecule has 25 heavy (non-hydrogen) atoms. The van der Waals surface area contributed by atoms with E-state index in [0.717, 1.165) is 24.2 Å². The summed E-state index contributed by atoms with van der Waals surface area (Å²) < 4.78 is 5.18. The third kappa shape index (κ3) is 4.21.